The fourth-order valence-electron chi connectivity index (χ4n) is 1.12. The summed E-state index contributed by atoms with van der Waals surface area (Å²) < 4.78 is 10.8. The van der Waals surface area contributed by atoms with Gasteiger partial charge in [0.25, 0.3) is 0 Å². The molecule has 0 aliphatic heterocycles. The molecule has 0 fully saturated rings. The van der Waals surface area contributed by atoms with Gasteiger partial charge in [0.15, 0.2) is 0 Å². The lowest BCUT2D eigenvalue weighted by Gasteiger charge is -2.06. The van der Waals surface area contributed by atoms with E-state index in [4.69, 9.17) is 9.47 Å². The lowest BCUT2D eigenvalue weighted by atomic mass is 10.4. The van der Waals surface area contributed by atoms with Gasteiger partial charge in [0.2, 0.25) is 0 Å². The van der Waals surface area contributed by atoms with E-state index in [0.717, 1.165) is 39.3 Å². The van der Waals surface area contributed by atoms with Crippen LogP contribution in [0.5, 0.6) is 0 Å². The lowest BCUT2D eigenvalue weighted by Crippen LogP contribution is -2.21. The van der Waals surface area contributed by atoms with Crippen molar-refractivity contribution in [2.75, 3.05) is 53.1 Å². The van der Waals surface area contributed by atoms with Crippen molar-refractivity contribution in [3.8, 4) is 0 Å². The molecule has 92 valence electrons. The zero-order valence-corrected chi connectivity index (χ0v) is 10.2. The van der Waals surface area contributed by atoms with Crippen LogP contribution in [0.4, 0.5) is 0 Å². The molecule has 0 aromatic carbocycles. The van der Waals surface area contributed by atoms with Crippen molar-refractivity contribution in [1.82, 2.24) is 10.6 Å². The minimum absolute atomic E-state index is 0.702. The fourth-order valence-corrected chi connectivity index (χ4v) is 1.12. The Morgan fingerprint density at radius 2 is 1.60 bits per heavy atom. The van der Waals surface area contributed by atoms with Gasteiger partial charge in [-0.05, 0) is 33.0 Å². The van der Waals surface area contributed by atoms with Crippen LogP contribution in [0.25, 0.3) is 0 Å². The summed E-state index contributed by atoms with van der Waals surface area (Å²) >= 11 is 0. The highest BCUT2D eigenvalue weighted by Crippen LogP contribution is 1.82. The summed E-state index contributed by atoms with van der Waals surface area (Å²) in [7, 11) is 1.95. The Morgan fingerprint density at radius 3 is 2.27 bits per heavy atom. The van der Waals surface area contributed by atoms with Crippen LogP contribution < -0.4 is 10.6 Å². The molecule has 0 saturated carbocycles. The average molecular weight is 218 g/mol. The predicted molar refractivity (Wildman–Crippen MR) is 63.3 cm³/mol. The molecule has 4 heteroatoms. The van der Waals surface area contributed by atoms with Crippen molar-refractivity contribution >= 4 is 0 Å². The Balaban J connectivity index is 2.81. The summed E-state index contributed by atoms with van der Waals surface area (Å²) in [6, 6.07) is 0. The highest BCUT2D eigenvalue weighted by atomic mass is 16.5. The quantitative estimate of drug-likeness (QED) is 0.472. The molecule has 0 saturated heterocycles. The first-order chi connectivity index (χ1) is 7.41. The average Bonchev–Trinajstić information content (AvgIpc) is 2.26. The number of rotatable bonds is 12. The first kappa shape index (κ1) is 14.8. The molecule has 0 unspecified atom stereocenters. The molecule has 0 amide bonds. The van der Waals surface area contributed by atoms with Crippen molar-refractivity contribution in [2.45, 2.75) is 19.8 Å². The Morgan fingerprint density at radius 1 is 0.867 bits per heavy atom. The van der Waals surface area contributed by atoms with Gasteiger partial charge in [-0.3, -0.25) is 0 Å². The van der Waals surface area contributed by atoms with Crippen LogP contribution in [0.1, 0.15) is 19.8 Å². The van der Waals surface area contributed by atoms with E-state index < -0.39 is 0 Å². The Hall–Kier alpha value is -0.160. The largest absolute Gasteiger partial charge is 0.379 e. The van der Waals surface area contributed by atoms with E-state index in [9.17, 15) is 0 Å². The molecule has 0 rings (SSSR count). The fraction of sp³-hybridized carbons (Fsp3) is 1.00. The van der Waals surface area contributed by atoms with Gasteiger partial charge >= 0.3 is 0 Å². The summed E-state index contributed by atoms with van der Waals surface area (Å²) in [5, 5.41) is 6.36. The van der Waals surface area contributed by atoms with Gasteiger partial charge in [-0.25, -0.2) is 0 Å². The third kappa shape index (κ3) is 13.8. The van der Waals surface area contributed by atoms with Crippen molar-refractivity contribution < 1.29 is 9.47 Å². The zero-order chi connectivity index (χ0) is 11.2. The number of hydrogen-bond donors (Lipinski definition) is 2. The van der Waals surface area contributed by atoms with Crippen LogP contribution in [-0.4, -0.2) is 53.1 Å². The molecule has 0 atom stereocenters. The first-order valence-corrected chi connectivity index (χ1v) is 5.92. The molecule has 0 aliphatic rings. The second-order valence-electron chi connectivity index (χ2n) is 3.43. The van der Waals surface area contributed by atoms with Gasteiger partial charge in [-0.15, -0.1) is 0 Å². The van der Waals surface area contributed by atoms with Crippen LogP contribution in [0, 0.1) is 0 Å². The van der Waals surface area contributed by atoms with Crippen molar-refractivity contribution in [3.05, 3.63) is 0 Å². The monoisotopic (exact) mass is 218 g/mol. The summed E-state index contributed by atoms with van der Waals surface area (Å²) in [5.41, 5.74) is 0. The Kier molecular flexibility index (Phi) is 13.7. The smallest absolute Gasteiger partial charge is 0.0701 e. The number of nitrogens with one attached hydrogen (secondary N) is 2. The van der Waals surface area contributed by atoms with E-state index in [-0.39, 0.29) is 0 Å². The Bertz CT molecular complexity index is 101. The predicted octanol–water partition coefficient (Wildman–Crippen LogP) is 0.629. The minimum Gasteiger partial charge on any atom is -0.379 e. The molecule has 0 heterocycles. The van der Waals surface area contributed by atoms with Crippen molar-refractivity contribution in [1.29, 1.82) is 0 Å². The second-order valence-corrected chi connectivity index (χ2v) is 3.43. The number of ether oxygens (including phenoxy) is 2. The minimum atomic E-state index is 0.702. The van der Waals surface area contributed by atoms with E-state index in [1.165, 1.54) is 6.42 Å². The molecular formula is C11H26N2O2. The molecule has 0 aromatic rings. The van der Waals surface area contributed by atoms with E-state index in [1.54, 1.807) is 0 Å². The summed E-state index contributed by atoms with van der Waals surface area (Å²) in [6.07, 6.45) is 2.24. The number of hydrogen-bond acceptors (Lipinski definition) is 4. The van der Waals surface area contributed by atoms with E-state index in [2.05, 4.69) is 17.6 Å². The highest BCUT2D eigenvalue weighted by Gasteiger charge is 1.90. The molecule has 15 heavy (non-hydrogen) atoms. The van der Waals surface area contributed by atoms with Gasteiger partial charge < -0.3 is 20.1 Å². The highest BCUT2D eigenvalue weighted by molar-refractivity contribution is 4.43. The third-order valence-corrected chi connectivity index (χ3v) is 1.94. The first-order valence-electron chi connectivity index (χ1n) is 5.92. The Labute approximate surface area is 93.7 Å². The maximum absolute atomic E-state index is 5.38. The van der Waals surface area contributed by atoms with Gasteiger partial charge in [0.1, 0.15) is 0 Å². The molecule has 4 nitrogen and oxygen atoms in total. The normalized spacial score (nSPS) is 10.8. The molecule has 0 aromatic heterocycles. The second kappa shape index (κ2) is 13.8. The SMILES string of the molecule is CCCNCCOCCOCCCNC. The van der Waals surface area contributed by atoms with Crippen molar-refractivity contribution in [2.24, 2.45) is 0 Å². The molecule has 2 N–H and O–H groups in total. The zero-order valence-electron chi connectivity index (χ0n) is 10.2. The maximum Gasteiger partial charge on any atom is 0.0701 e. The van der Waals surface area contributed by atoms with Crippen LogP contribution in [-0.2, 0) is 9.47 Å². The summed E-state index contributed by atoms with van der Waals surface area (Å²) in [4.78, 5) is 0. The third-order valence-electron chi connectivity index (χ3n) is 1.94. The van der Waals surface area contributed by atoms with E-state index in [1.807, 2.05) is 7.05 Å². The van der Waals surface area contributed by atoms with E-state index in [0.29, 0.717) is 13.2 Å². The van der Waals surface area contributed by atoms with Gasteiger partial charge in [0.05, 0.1) is 19.8 Å². The maximum atomic E-state index is 5.38. The molecule has 0 aliphatic carbocycles. The molecule has 0 bridgehead atoms. The van der Waals surface area contributed by atoms with Crippen LogP contribution in [0.2, 0.25) is 0 Å². The van der Waals surface area contributed by atoms with Gasteiger partial charge in [-0.2, -0.15) is 0 Å². The standard InChI is InChI=1S/C11H26N2O2/c1-3-5-13-7-9-15-11-10-14-8-4-6-12-2/h12-13H,3-11H2,1-2H3. The van der Waals surface area contributed by atoms with Crippen LogP contribution in [0.3, 0.4) is 0 Å². The molecular weight excluding hydrogens is 192 g/mol. The van der Waals surface area contributed by atoms with Crippen molar-refractivity contribution in [3.63, 3.8) is 0 Å². The lowest BCUT2D eigenvalue weighted by molar-refractivity contribution is 0.0482. The van der Waals surface area contributed by atoms with Gasteiger partial charge in [-0.1, -0.05) is 6.92 Å². The van der Waals surface area contributed by atoms with Gasteiger partial charge in [0, 0.05) is 13.2 Å². The van der Waals surface area contributed by atoms with Crippen LogP contribution in [0.15, 0.2) is 0 Å². The van der Waals surface area contributed by atoms with Crippen LogP contribution >= 0.6 is 0 Å². The molecule has 0 radical (unpaired) electrons. The summed E-state index contributed by atoms with van der Waals surface area (Å²) in [5.74, 6) is 0. The summed E-state index contributed by atoms with van der Waals surface area (Å²) in [6.45, 7) is 8.19. The topological polar surface area (TPSA) is 42.5 Å². The van der Waals surface area contributed by atoms with E-state index >= 15 is 0 Å². The molecule has 0 spiro atoms.